The zero-order valence-corrected chi connectivity index (χ0v) is 18.9. The standard InChI is InChI=1S/C22H30N2O5S/c1-16(11-12-18-9-7-6-8-10-18)23-22(25)17(2)24(30(5,26)27)19-13-14-20(28-3)21(15-19)29-4/h6-10,13-17H,11-12H2,1-5H3,(H,23,25). The van der Waals surface area contributed by atoms with Crippen molar-refractivity contribution in [2.75, 3.05) is 24.8 Å². The summed E-state index contributed by atoms with van der Waals surface area (Å²) in [7, 11) is -0.754. The summed E-state index contributed by atoms with van der Waals surface area (Å²) in [6, 6.07) is 13.7. The first-order valence-electron chi connectivity index (χ1n) is 9.73. The van der Waals surface area contributed by atoms with Crippen molar-refractivity contribution in [1.29, 1.82) is 0 Å². The van der Waals surface area contributed by atoms with E-state index in [2.05, 4.69) is 5.32 Å². The highest BCUT2D eigenvalue weighted by molar-refractivity contribution is 7.92. The van der Waals surface area contributed by atoms with Crippen LogP contribution in [0.3, 0.4) is 0 Å². The third kappa shape index (κ3) is 6.13. The van der Waals surface area contributed by atoms with Gasteiger partial charge >= 0.3 is 0 Å². The van der Waals surface area contributed by atoms with Crippen molar-refractivity contribution in [3.05, 3.63) is 54.1 Å². The van der Waals surface area contributed by atoms with Gasteiger partial charge in [0.2, 0.25) is 15.9 Å². The fourth-order valence-electron chi connectivity index (χ4n) is 3.23. The number of aryl methyl sites for hydroxylation is 1. The number of nitrogens with zero attached hydrogens (tertiary/aromatic N) is 1. The molecule has 2 aromatic rings. The Balaban J connectivity index is 2.14. The number of methoxy groups -OCH3 is 2. The summed E-state index contributed by atoms with van der Waals surface area (Å²) in [5.41, 5.74) is 1.52. The zero-order valence-electron chi connectivity index (χ0n) is 18.1. The van der Waals surface area contributed by atoms with Crippen LogP contribution in [0.15, 0.2) is 48.5 Å². The summed E-state index contributed by atoms with van der Waals surface area (Å²) < 4.78 is 36.6. The Morgan fingerprint density at radius 1 is 1.03 bits per heavy atom. The largest absolute Gasteiger partial charge is 0.493 e. The Labute approximate surface area is 179 Å². The second-order valence-electron chi connectivity index (χ2n) is 7.21. The molecule has 164 valence electrons. The van der Waals surface area contributed by atoms with E-state index in [-0.39, 0.29) is 11.9 Å². The van der Waals surface area contributed by atoms with Gasteiger partial charge in [-0.15, -0.1) is 0 Å². The van der Waals surface area contributed by atoms with Crippen LogP contribution in [-0.2, 0) is 21.2 Å². The minimum Gasteiger partial charge on any atom is -0.493 e. The lowest BCUT2D eigenvalue weighted by molar-refractivity contribution is -0.122. The average molecular weight is 435 g/mol. The number of sulfonamides is 1. The van der Waals surface area contributed by atoms with E-state index in [1.54, 1.807) is 25.1 Å². The lowest BCUT2D eigenvalue weighted by Gasteiger charge is -2.29. The molecule has 2 atom stereocenters. The Bertz CT molecular complexity index is 947. The van der Waals surface area contributed by atoms with Crippen LogP contribution in [0.4, 0.5) is 5.69 Å². The number of hydrogen-bond acceptors (Lipinski definition) is 5. The molecule has 0 bridgehead atoms. The molecule has 0 heterocycles. The van der Waals surface area contributed by atoms with E-state index in [0.717, 1.165) is 23.4 Å². The second kappa shape index (κ2) is 10.3. The highest BCUT2D eigenvalue weighted by Crippen LogP contribution is 2.33. The summed E-state index contributed by atoms with van der Waals surface area (Å²) in [5.74, 6) is 0.490. The molecule has 2 rings (SSSR count). The second-order valence-corrected chi connectivity index (χ2v) is 9.07. The molecule has 2 aromatic carbocycles. The first-order chi connectivity index (χ1) is 14.2. The van der Waals surface area contributed by atoms with Gasteiger partial charge in [0, 0.05) is 12.1 Å². The van der Waals surface area contributed by atoms with Gasteiger partial charge in [0.15, 0.2) is 11.5 Å². The number of hydrogen-bond donors (Lipinski definition) is 1. The summed E-state index contributed by atoms with van der Waals surface area (Å²) >= 11 is 0. The van der Waals surface area contributed by atoms with E-state index in [1.807, 2.05) is 37.3 Å². The van der Waals surface area contributed by atoms with Gasteiger partial charge < -0.3 is 14.8 Å². The van der Waals surface area contributed by atoms with E-state index in [0.29, 0.717) is 17.2 Å². The lowest BCUT2D eigenvalue weighted by Crippen LogP contribution is -2.50. The molecule has 0 aliphatic rings. The molecule has 7 nitrogen and oxygen atoms in total. The van der Waals surface area contributed by atoms with Crippen molar-refractivity contribution in [2.45, 2.75) is 38.8 Å². The fraction of sp³-hybridized carbons (Fsp3) is 0.409. The maximum atomic E-state index is 12.8. The van der Waals surface area contributed by atoms with Crippen molar-refractivity contribution in [1.82, 2.24) is 5.32 Å². The number of rotatable bonds is 10. The van der Waals surface area contributed by atoms with Gasteiger partial charge in [-0.1, -0.05) is 30.3 Å². The summed E-state index contributed by atoms with van der Waals surface area (Å²) in [4.78, 5) is 12.8. The zero-order chi connectivity index (χ0) is 22.3. The van der Waals surface area contributed by atoms with Gasteiger partial charge in [0.05, 0.1) is 26.2 Å². The normalized spacial score (nSPS) is 13.2. The Kier molecular flexibility index (Phi) is 8.11. The number of benzene rings is 2. The monoisotopic (exact) mass is 434 g/mol. The molecule has 0 fully saturated rings. The van der Waals surface area contributed by atoms with Crippen molar-refractivity contribution < 1.29 is 22.7 Å². The number of carbonyl (C=O) groups excluding carboxylic acids is 1. The van der Waals surface area contributed by atoms with Crippen LogP contribution in [0.2, 0.25) is 0 Å². The quantitative estimate of drug-likeness (QED) is 0.621. The van der Waals surface area contributed by atoms with Crippen LogP contribution >= 0.6 is 0 Å². The van der Waals surface area contributed by atoms with E-state index in [9.17, 15) is 13.2 Å². The van der Waals surface area contributed by atoms with Crippen LogP contribution in [0.5, 0.6) is 11.5 Å². The predicted molar refractivity (Wildman–Crippen MR) is 119 cm³/mol. The third-order valence-corrected chi connectivity index (χ3v) is 6.05. The molecule has 0 radical (unpaired) electrons. The smallest absolute Gasteiger partial charge is 0.243 e. The minimum absolute atomic E-state index is 0.105. The van der Waals surface area contributed by atoms with E-state index < -0.39 is 16.1 Å². The van der Waals surface area contributed by atoms with E-state index in [1.165, 1.54) is 19.8 Å². The maximum Gasteiger partial charge on any atom is 0.243 e. The molecule has 0 spiro atoms. The van der Waals surface area contributed by atoms with Crippen molar-refractivity contribution in [3.8, 4) is 11.5 Å². The van der Waals surface area contributed by atoms with E-state index in [4.69, 9.17) is 9.47 Å². The summed E-state index contributed by atoms with van der Waals surface area (Å²) in [6.07, 6.45) is 2.65. The van der Waals surface area contributed by atoms with Gasteiger partial charge in [0.1, 0.15) is 6.04 Å². The number of ether oxygens (including phenoxy) is 2. The number of carbonyl (C=O) groups is 1. The van der Waals surface area contributed by atoms with Crippen LogP contribution in [-0.4, -0.2) is 46.9 Å². The Morgan fingerprint density at radius 3 is 2.23 bits per heavy atom. The lowest BCUT2D eigenvalue weighted by atomic mass is 10.1. The number of anilines is 1. The van der Waals surface area contributed by atoms with Gasteiger partial charge in [-0.25, -0.2) is 8.42 Å². The van der Waals surface area contributed by atoms with Crippen molar-refractivity contribution in [2.24, 2.45) is 0 Å². The molecule has 0 aliphatic carbocycles. The average Bonchev–Trinajstić information content (AvgIpc) is 2.71. The molecular weight excluding hydrogens is 404 g/mol. The van der Waals surface area contributed by atoms with Crippen molar-refractivity contribution in [3.63, 3.8) is 0 Å². The molecule has 30 heavy (non-hydrogen) atoms. The SMILES string of the molecule is COc1ccc(N(C(C)C(=O)NC(C)CCc2ccccc2)S(C)(=O)=O)cc1OC. The van der Waals surface area contributed by atoms with E-state index >= 15 is 0 Å². The summed E-state index contributed by atoms with van der Waals surface area (Å²) in [6.45, 7) is 3.48. The number of amides is 1. The van der Waals surface area contributed by atoms with Crippen LogP contribution in [0.1, 0.15) is 25.8 Å². The highest BCUT2D eigenvalue weighted by Gasteiger charge is 2.30. The molecule has 1 N–H and O–H groups in total. The molecule has 0 aromatic heterocycles. The topological polar surface area (TPSA) is 84.9 Å². The van der Waals surface area contributed by atoms with Crippen molar-refractivity contribution >= 4 is 21.6 Å². The molecular formula is C22H30N2O5S. The predicted octanol–water partition coefficient (Wildman–Crippen LogP) is 3.00. The number of nitrogens with one attached hydrogen (secondary N) is 1. The molecule has 1 amide bonds. The fourth-order valence-corrected chi connectivity index (χ4v) is 4.40. The minimum atomic E-state index is -3.72. The molecule has 0 aliphatic heterocycles. The first kappa shape index (κ1) is 23.5. The third-order valence-electron chi connectivity index (χ3n) is 4.81. The first-order valence-corrected chi connectivity index (χ1v) is 11.6. The highest BCUT2D eigenvalue weighted by atomic mass is 32.2. The molecule has 0 saturated carbocycles. The van der Waals surface area contributed by atoms with Gasteiger partial charge in [-0.3, -0.25) is 9.10 Å². The van der Waals surface area contributed by atoms with Gasteiger partial charge in [-0.2, -0.15) is 0 Å². The Hall–Kier alpha value is -2.74. The molecule has 8 heteroatoms. The summed E-state index contributed by atoms with van der Waals surface area (Å²) in [5, 5.41) is 2.92. The molecule has 2 unspecified atom stereocenters. The van der Waals surface area contributed by atoms with Gasteiger partial charge in [0.25, 0.3) is 0 Å². The van der Waals surface area contributed by atoms with Gasteiger partial charge in [-0.05, 0) is 44.4 Å². The maximum absolute atomic E-state index is 12.8. The Morgan fingerprint density at radius 2 is 1.67 bits per heavy atom. The van der Waals surface area contributed by atoms with Crippen LogP contribution in [0.25, 0.3) is 0 Å². The van der Waals surface area contributed by atoms with Crippen LogP contribution in [0, 0.1) is 0 Å². The van der Waals surface area contributed by atoms with Crippen LogP contribution < -0.4 is 19.1 Å². The molecule has 0 saturated heterocycles.